The summed E-state index contributed by atoms with van der Waals surface area (Å²) >= 11 is 0. The Labute approximate surface area is 97.1 Å². The number of hydrogen-bond acceptors (Lipinski definition) is 3. The fourth-order valence-corrected chi connectivity index (χ4v) is 2.17. The summed E-state index contributed by atoms with van der Waals surface area (Å²) in [4.78, 5) is 2.23. The minimum absolute atomic E-state index is 0.353. The molecule has 1 aromatic rings. The highest BCUT2D eigenvalue weighted by molar-refractivity contribution is 5.54. The van der Waals surface area contributed by atoms with Crippen molar-refractivity contribution in [1.82, 2.24) is 5.32 Å². The first-order valence-corrected chi connectivity index (χ1v) is 6.07. The van der Waals surface area contributed by atoms with Crippen LogP contribution >= 0.6 is 0 Å². The molecule has 1 aromatic carbocycles. The lowest BCUT2D eigenvalue weighted by molar-refractivity contribution is 0.364. The zero-order valence-electron chi connectivity index (χ0n) is 10.0. The summed E-state index contributed by atoms with van der Waals surface area (Å²) in [6.07, 6.45) is 1.12. The predicted octanol–water partition coefficient (Wildman–Crippen LogP) is 2.27. The van der Waals surface area contributed by atoms with E-state index < -0.39 is 0 Å². The molecule has 0 radical (unpaired) electrons. The van der Waals surface area contributed by atoms with Crippen LogP contribution in [0.1, 0.15) is 31.9 Å². The molecule has 1 fully saturated rings. The van der Waals surface area contributed by atoms with Crippen molar-refractivity contribution >= 4 is 5.69 Å². The van der Waals surface area contributed by atoms with Crippen molar-refractivity contribution in [1.29, 1.82) is 0 Å². The van der Waals surface area contributed by atoms with Gasteiger partial charge in [-0.15, -0.1) is 0 Å². The summed E-state index contributed by atoms with van der Waals surface area (Å²) < 4.78 is 0. The molecule has 1 aliphatic rings. The number of benzene rings is 1. The molecule has 1 aliphatic heterocycles. The molecule has 1 saturated heterocycles. The van der Waals surface area contributed by atoms with Crippen LogP contribution in [0.25, 0.3) is 0 Å². The molecule has 0 aliphatic carbocycles. The Hall–Kier alpha value is -1.22. The summed E-state index contributed by atoms with van der Waals surface area (Å²) in [5.41, 5.74) is 2.13. The normalized spacial score (nSPS) is 19.2. The first-order chi connectivity index (χ1) is 7.76. The number of anilines is 1. The Bertz CT molecular complexity index is 357. The van der Waals surface area contributed by atoms with E-state index in [1.807, 2.05) is 12.1 Å². The molecule has 1 atom stereocenters. The largest absolute Gasteiger partial charge is 0.508 e. The molecule has 1 heterocycles. The van der Waals surface area contributed by atoms with Gasteiger partial charge in [0.05, 0.1) is 0 Å². The first kappa shape index (κ1) is 11.3. The van der Waals surface area contributed by atoms with Crippen molar-refractivity contribution in [3.8, 4) is 5.75 Å². The van der Waals surface area contributed by atoms with Crippen LogP contribution in [-0.4, -0.2) is 24.7 Å². The summed E-state index contributed by atoms with van der Waals surface area (Å²) in [5.74, 6) is 0.418. The van der Waals surface area contributed by atoms with E-state index in [-0.39, 0.29) is 0 Å². The Kier molecular flexibility index (Phi) is 3.34. The zero-order valence-corrected chi connectivity index (χ0v) is 10.0. The number of rotatable bonds is 4. The predicted molar refractivity (Wildman–Crippen MR) is 67.0 cm³/mol. The Morgan fingerprint density at radius 2 is 2.06 bits per heavy atom. The van der Waals surface area contributed by atoms with Crippen LogP contribution < -0.4 is 10.2 Å². The molecule has 0 saturated carbocycles. The first-order valence-electron chi connectivity index (χ1n) is 6.07. The SMILES string of the molecule is CCN(CC)c1ccc([C@@H]2CCN2)c(O)c1. The van der Waals surface area contributed by atoms with Gasteiger partial charge in [-0.3, -0.25) is 0 Å². The molecule has 16 heavy (non-hydrogen) atoms. The van der Waals surface area contributed by atoms with Gasteiger partial charge in [0.15, 0.2) is 0 Å². The van der Waals surface area contributed by atoms with Crippen molar-refractivity contribution < 1.29 is 5.11 Å². The van der Waals surface area contributed by atoms with Gasteiger partial charge in [-0.25, -0.2) is 0 Å². The molecule has 88 valence electrons. The van der Waals surface area contributed by atoms with Crippen LogP contribution in [0.15, 0.2) is 18.2 Å². The van der Waals surface area contributed by atoms with Crippen LogP contribution in [0.3, 0.4) is 0 Å². The molecule has 0 bridgehead atoms. The van der Waals surface area contributed by atoms with Crippen LogP contribution in [0.5, 0.6) is 5.75 Å². The maximum absolute atomic E-state index is 10.0. The number of nitrogens with one attached hydrogen (secondary N) is 1. The quantitative estimate of drug-likeness (QED) is 0.817. The smallest absolute Gasteiger partial charge is 0.122 e. The molecule has 3 heteroatoms. The maximum atomic E-state index is 10.0. The highest BCUT2D eigenvalue weighted by Gasteiger charge is 2.21. The molecule has 2 N–H and O–H groups in total. The van der Waals surface area contributed by atoms with E-state index in [2.05, 4.69) is 30.1 Å². The van der Waals surface area contributed by atoms with Gasteiger partial charge < -0.3 is 15.3 Å². The molecule has 2 rings (SSSR count). The molecule has 3 nitrogen and oxygen atoms in total. The van der Waals surface area contributed by atoms with Gasteiger partial charge in [0.25, 0.3) is 0 Å². The van der Waals surface area contributed by atoms with E-state index in [4.69, 9.17) is 0 Å². The number of hydrogen-bond donors (Lipinski definition) is 2. The van der Waals surface area contributed by atoms with E-state index in [0.717, 1.165) is 37.3 Å². The lowest BCUT2D eigenvalue weighted by Gasteiger charge is -2.29. The van der Waals surface area contributed by atoms with Crippen molar-refractivity contribution in [2.75, 3.05) is 24.5 Å². The van der Waals surface area contributed by atoms with Crippen molar-refractivity contribution in [3.63, 3.8) is 0 Å². The third kappa shape index (κ3) is 2.00. The lowest BCUT2D eigenvalue weighted by atomic mass is 9.97. The number of phenolic OH excluding ortho intramolecular Hbond substituents is 1. The number of nitrogens with zero attached hydrogens (tertiary/aromatic N) is 1. The van der Waals surface area contributed by atoms with Gasteiger partial charge in [-0.1, -0.05) is 6.07 Å². The van der Waals surface area contributed by atoms with Gasteiger partial charge in [0, 0.05) is 36.4 Å². The van der Waals surface area contributed by atoms with Crippen molar-refractivity contribution in [2.24, 2.45) is 0 Å². The second-order valence-corrected chi connectivity index (χ2v) is 4.21. The fraction of sp³-hybridized carbons (Fsp3) is 0.538. The Morgan fingerprint density at radius 3 is 2.50 bits per heavy atom. The third-order valence-electron chi connectivity index (χ3n) is 3.34. The van der Waals surface area contributed by atoms with E-state index in [9.17, 15) is 5.11 Å². The zero-order chi connectivity index (χ0) is 11.5. The Morgan fingerprint density at radius 1 is 1.38 bits per heavy atom. The van der Waals surface area contributed by atoms with Crippen LogP contribution in [0.4, 0.5) is 5.69 Å². The monoisotopic (exact) mass is 220 g/mol. The number of phenols is 1. The summed E-state index contributed by atoms with van der Waals surface area (Å²) in [6.45, 7) is 7.25. The molecular formula is C13H20N2O. The van der Waals surface area contributed by atoms with Gasteiger partial charge in [0.1, 0.15) is 5.75 Å². The summed E-state index contributed by atoms with van der Waals surface area (Å²) in [7, 11) is 0. The van der Waals surface area contributed by atoms with E-state index in [1.165, 1.54) is 0 Å². The highest BCUT2D eigenvalue weighted by atomic mass is 16.3. The second kappa shape index (κ2) is 4.74. The van der Waals surface area contributed by atoms with Crippen molar-refractivity contribution in [3.05, 3.63) is 23.8 Å². The molecule has 0 aromatic heterocycles. The van der Waals surface area contributed by atoms with E-state index in [0.29, 0.717) is 11.8 Å². The van der Waals surface area contributed by atoms with Gasteiger partial charge >= 0.3 is 0 Å². The van der Waals surface area contributed by atoms with E-state index >= 15 is 0 Å². The van der Waals surface area contributed by atoms with Crippen LogP contribution in [0, 0.1) is 0 Å². The van der Waals surface area contributed by atoms with Crippen LogP contribution in [-0.2, 0) is 0 Å². The van der Waals surface area contributed by atoms with Gasteiger partial charge in [0.2, 0.25) is 0 Å². The summed E-state index contributed by atoms with van der Waals surface area (Å²) in [6, 6.07) is 6.37. The summed E-state index contributed by atoms with van der Waals surface area (Å²) in [5, 5.41) is 13.3. The third-order valence-corrected chi connectivity index (χ3v) is 3.34. The molecule has 0 amide bonds. The minimum Gasteiger partial charge on any atom is -0.508 e. The molecule has 0 spiro atoms. The standard InChI is InChI=1S/C13H20N2O/c1-3-15(4-2)10-5-6-11(13(16)9-10)12-7-8-14-12/h5-6,9,12,14,16H,3-4,7-8H2,1-2H3/t12-/m0/s1. The van der Waals surface area contributed by atoms with Crippen LogP contribution in [0.2, 0.25) is 0 Å². The minimum atomic E-state index is 0.353. The average molecular weight is 220 g/mol. The lowest BCUT2D eigenvalue weighted by Crippen LogP contribution is -2.35. The second-order valence-electron chi connectivity index (χ2n) is 4.21. The molecule has 0 unspecified atom stereocenters. The fourth-order valence-electron chi connectivity index (χ4n) is 2.17. The highest BCUT2D eigenvalue weighted by Crippen LogP contribution is 2.33. The van der Waals surface area contributed by atoms with Gasteiger partial charge in [-0.2, -0.15) is 0 Å². The molecular weight excluding hydrogens is 200 g/mol. The van der Waals surface area contributed by atoms with E-state index in [1.54, 1.807) is 0 Å². The van der Waals surface area contributed by atoms with Gasteiger partial charge in [-0.05, 0) is 32.9 Å². The Balaban J connectivity index is 2.21. The number of aromatic hydroxyl groups is 1. The maximum Gasteiger partial charge on any atom is 0.122 e. The van der Waals surface area contributed by atoms with Crippen molar-refractivity contribution in [2.45, 2.75) is 26.3 Å². The average Bonchev–Trinajstić information content (AvgIpc) is 2.21. The topological polar surface area (TPSA) is 35.5 Å².